The summed E-state index contributed by atoms with van der Waals surface area (Å²) in [5.74, 6) is -0.624. The van der Waals surface area contributed by atoms with Crippen LogP contribution in [-0.4, -0.2) is 34.1 Å². The van der Waals surface area contributed by atoms with Crippen LogP contribution in [0.3, 0.4) is 0 Å². The van der Waals surface area contributed by atoms with E-state index >= 15 is 4.39 Å². The third-order valence-electron chi connectivity index (χ3n) is 7.38. The number of hydrogen-bond acceptors (Lipinski definition) is 7. The van der Waals surface area contributed by atoms with Gasteiger partial charge in [-0.05, 0) is 73.5 Å². The van der Waals surface area contributed by atoms with E-state index in [1.807, 2.05) is 6.07 Å². The Kier molecular flexibility index (Phi) is 8.62. The zero-order valence-corrected chi connectivity index (χ0v) is 25.0. The van der Waals surface area contributed by atoms with Gasteiger partial charge >= 0.3 is 5.69 Å². The van der Waals surface area contributed by atoms with Gasteiger partial charge in [0, 0.05) is 41.5 Å². The Labute approximate surface area is 257 Å². The molecule has 0 radical (unpaired) electrons. The average Bonchev–Trinajstić information content (AvgIpc) is 3.02. The number of nitrogen functional groups attached to an aromatic ring is 1. The Hall–Kier alpha value is -5.58. The highest BCUT2D eigenvalue weighted by Crippen LogP contribution is 2.35. The molecule has 5 rings (SSSR count). The molecule has 0 spiro atoms. The van der Waals surface area contributed by atoms with Crippen LogP contribution in [0.4, 0.5) is 14.6 Å². The number of nitrogens with zero attached hydrogens (tertiary/aromatic N) is 3. The van der Waals surface area contributed by atoms with Gasteiger partial charge in [-0.2, -0.15) is 0 Å². The van der Waals surface area contributed by atoms with Gasteiger partial charge < -0.3 is 15.2 Å². The van der Waals surface area contributed by atoms with E-state index in [0.29, 0.717) is 28.2 Å². The van der Waals surface area contributed by atoms with Crippen LogP contribution >= 0.6 is 0 Å². The minimum absolute atomic E-state index is 0.110. The number of halogens is 2. The molecule has 0 bridgehead atoms. The van der Waals surface area contributed by atoms with Gasteiger partial charge in [0.2, 0.25) is 0 Å². The summed E-state index contributed by atoms with van der Waals surface area (Å²) in [5, 5.41) is 0. The molecule has 9 nitrogen and oxygen atoms in total. The van der Waals surface area contributed by atoms with E-state index in [0.717, 1.165) is 22.3 Å². The molecule has 0 saturated carbocycles. The summed E-state index contributed by atoms with van der Waals surface area (Å²) < 4.78 is 41.9. The quantitative estimate of drug-likeness (QED) is 0.215. The maximum absolute atomic E-state index is 15.6. The van der Waals surface area contributed by atoms with E-state index in [4.69, 9.17) is 15.2 Å². The second-order valence-corrected chi connectivity index (χ2v) is 10.6. The molecule has 5 aromatic rings. The van der Waals surface area contributed by atoms with Crippen molar-refractivity contribution in [1.29, 1.82) is 0 Å². The molecule has 0 aliphatic heterocycles. The number of methoxy groups -OCH3 is 2. The van der Waals surface area contributed by atoms with Crippen LogP contribution in [0.25, 0.3) is 27.9 Å². The van der Waals surface area contributed by atoms with Crippen molar-refractivity contribution in [1.82, 2.24) is 14.1 Å². The number of ether oxygens (including phenoxy) is 2. The molecular formula is C34H30F2N4O5. The summed E-state index contributed by atoms with van der Waals surface area (Å²) in [5.41, 5.74) is 6.72. The molecule has 2 heterocycles. The summed E-state index contributed by atoms with van der Waals surface area (Å²) in [6, 6.07) is 15.7. The van der Waals surface area contributed by atoms with Crippen LogP contribution in [0, 0.1) is 11.6 Å². The largest absolute Gasteiger partial charge is 0.493 e. The summed E-state index contributed by atoms with van der Waals surface area (Å²) in [4.78, 5) is 44.2. The number of ketones is 1. The molecule has 0 aliphatic carbocycles. The molecule has 3 aromatic carbocycles. The maximum atomic E-state index is 15.6. The molecule has 45 heavy (non-hydrogen) atoms. The van der Waals surface area contributed by atoms with Crippen LogP contribution in [-0.2, 0) is 6.42 Å². The van der Waals surface area contributed by atoms with Crippen LogP contribution in [0.1, 0.15) is 35.8 Å². The second-order valence-electron chi connectivity index (χ2n) is 10.6. The Bertz CT molecular complexity index is 2040. The summed E-state index contributed by atoms with van der Waals surface area (Å²) in [7, 11) is 3.06. The number of nitrogens with two attached hydrogens (primary N) is 1. The first kappa shape index (κ1) is 30.9. The number of hydrogen-bond donors (Lipinski definition) is 1. The van der Waals surface area contributed by atoms with Crippen LogP contribution in [0.15, 0.2) is 88.7 Å². The molecule has 2 aromatic heterocycles. The lowest BCUT2D eigenvalue weighted by atomic mass is 9.97. The molecule has 2 N–H and O–H groups in total. The Balaban J connectivity index is 1.48. The first-order chi connectivity index (χ1) is 21.5. The molecule has 0 saturated heterocycles. The molecule has 0 unspecified atom stereocenters. The van der Waals surface area contributed by atoms with Gasteiger partial charge in [0.05, 0.1) is 19.9 Å². The third-order valence-corrected chi connectivity index (χ3v) is 7.38. The van der Waals surface area contributed by atoms with Crippen LogP contribution in [0.2, 0.25) is 0 Å². The summed E-state index contributed by atoms with van der Waals surface area (Å²) in [6.45, 7) is 3.45. The third kappa shape index (κ3) is 6.10. The van der Waals surface area contributed by atoms with Crippen molar-refractivity contribution in [2.75, 3.05) is 20.0 Å². The van der Waals surface area contributed by atoms with Crippen LogP contribution in [0.5, 0.6) is 11.5 Å². The maximum Gasteiger partial charge on any atom is 0.335 e. The SMILES string of the molecule is COc1ccc(-c2cnc(N)c(-c3ccc(CC(=O)c4cn(C(C)C)c(=O)n(-c5ccc(F)cc5)c4=O)cc3F)c2)cc1OC. The normalized spacial score (nSPS) is 11.1. The van der Waals surface area contributed by atoms with E-state index in [2.05, 4.69) is 4.98 Å². The lowest BCUT2D eigenvalue weighted by Gasteiger charge is -2.15. The van der Waals surface area contributed by atoms with Gasteiger partial charge in [-0.1, -0.05) is 18.2 Å². The second kappa shape index (κ2) is 12.6. The smallest absolute Gasteiger partial charge is 0.335 e. The summed E-state index contributed by atoms with van der Waals surface area (Å²) in [6.07, 6.45) is 2.47. The van der Waals surface area contributed by atoms with Gasteiger partial charge in [-0.15, -0.1) is 0 Å². The number of carbonyl (C=O) groups is 1. The fourth-order valence-corrected chi connectivity index (χ4v) is 4.98. The van der Waals surface area contributed by atoms with E-state index in [1.165, 1.54) is 49.2 Å². The fraction of sp³-hybridized carbons (Fsp3) is 0.176. The molecule has 0 fully saturated rings. The number of benzene rings is 3. The van der Waals surface area contributed by atoms with Gasteiger partial charge in [0.1, 0.15) is 23.0 Å². The van der Waals surface area contributed by atoms with Crippen LogP contribution < -0.4 is 26.5 Å². The van der Waals surface area contributed by atoms with E-state index in [1.54, 1.807) is 44.3 Å². The minimum Gasteiger partial charge on any atom is -0.493 e. The molecule has 230 valence electrons. The Morgan fingerprint density at radius 3 is 2.24 bits per heavy atom. The highest BCUT2D eigenvalue weighted by molar-refractivity contribution is 5.97. The molecule has 0 atom stereocenters. The van der Waals surface area contributed by atoms with E-state index < -0.39 is 28.7 Å². The lowest BCUT2D eigenvalue weighted by Crippen LogP contribution is -2.42. The number of anilines is 1. The predicted octanol–water partition coefficient (Wildman–Crippen LogP) is 5.61. The first-order valence-electron chi connectivity index (χ1n) is 14.0. The predicted molar refractivity (Wildman–Crippen MR) is 167 cm³/mol. The first-order valence-corrected chi connectivity index (χ1v) is 14.0. The Morgan fingerprint density at radius 1 is 0.889 bits per heavy atom. The molecule has 0 amide bonds. The van der Waals surface area contributed by atoms with Crippen molar-refractivity contribution in [3.05, 3.63) is 123 Å². The standard InChI is InChI=1S/C34H30F2N4O5/c1-19(2)39-18-27(33(42)40(34(39)43)24-9-7-23(35)8-10-24)29(41)14-20-5-11-25(28(36)13-20)26-15-22(17-38-32(26)37)21-6-12-30(44-3)31(16-21)45-4/h5-13,15-19H,14H2,1-4H3,(H2,37,38). The number of aromatic nitrogens is 3. The van der Waals surface area contributed by atoms with E-state index in [9.17, 15) is 18.8 Å². The number of Topliss-reactive ketones (excluding diaryl/α,β-unsaturated/α-hetero) is 1. The number of carbonyl (C=O) groups excluding carboxylic acids is 1. The zero-order valence-electron chi connectivity index (χ0n) is 25.0. The Morgan fingerprint density at radius 2 is 1.60 bits per heavy atom. The monoisotopic (exact) mass is 612 g/mol. The van der Waals surface area contributed by atoms with Crippen molar-refractivity contribution < 1.29 is 23.0 Å². The summed E-state index contributed by atoms with van der Waals surface area (Å²) >= 11 is 0. The van der Waals surface area contributed by atoms with Crippen molar-refractivity contribution >= 4 is 11.6 Å². The fourth-order valence-electron chi connectivity index (χ4n) is 4.98. The van der Waals surface area contributed by atoms with Gasteiger partial charge in [0.25, 0.3) is 5.56 Å². The average molecular weight is 613 g/mol. The lowest BCUT2D eigenvalue weighted by molar-refractivity contribution is 0.0990. The number of pyridine rings is 1. The van der Waals surface area contributed by atoms with Crippen molar-refractivity contribution in [2.45, 2.75) is 26.3 Å². The highest BCUT2D eigenvalue weighted by Gasteiger charge is 2.21. The van der Waals surface area contributed by atoms with Gasteiger partial charge in [0.15, 0.2) is 17.3 Å². The van der Waals surface area contributed by atoms with Gasteiger partial charge in [-0.3, -0.25) is 14.2 Å². The molecule has 0 aliphatic rings. The van der Waals surface area contributed by atoms with E-state index in [-0.39, 0.29) is 35.1 Å². The molecule has 11 heteroatoms. The van der Waals surface area contributed by atoms with Crippen molar-refractivity contribution in [3.8, 4) is 39.4 Å². The van der Waals surface area contributed by atoms with Crippen molar-refractivity contribution in [2.24, 2.45) is 0 Å². The zero-order chi connectivity index (χ0) is 32.4. The van der Waals surface area contributed by atoms with Gasteiger partial charge in [-0.25, -0.2) is 23.1 Å². The minimum atomic E-state index is -0.851. The van der Waals surface area contributed by atoms with Crippen molar-refractivity contribution in [3.63, 3.8) is 0 Å². The highest BCUT2D eigenvalue weighted by atomic mass is 19.1. The number of rotatable bonds is 9. The molecular weight excluding hydrogens is 582 g/mol. The topological polar surface area (TPSA) is 118 Å².